The van der Waals surface area contributed by atoms with E-state index in [-0.39, 0.29) is 5.32 Å². The first-order valence-corrected chi connectivity index (χ1v) is 7.11. The summed E-state index contributed by atoms with van der Waals surface area (Å²) in [6, 6.07) is -3.61. The zero-order chi connectivity index (χ0) is 16.4. The Bertz CT molecular complexity index is 349. The van der Waals surface area contributed by atoms with Crippen LogP contribution in [0.15, 0.2) is 0 Å². The molecule has 12 heteroatoms. The van der Waals surface area contributed by atoms with Crippen molar-refractivity contribution in [3.63, 3.8) is 0 Å². The van der Waals surface area contributed by atoms with E-state index >= 15 is 0 Å². The van der Waals surface area contributed by atoms with Crippen LogP contribution in [0.1, 0.15) is 6.92 Å². The monoisotopic (exact) mass is 555 g/mol. The summed E-state index contributed by atoms with van der Waals surface area (Å²) in [6.45, 7) is -3.88. The Hall–Kier alpha value is -1.84. The molecule has 0 aliphatic rings. The van der Waals surface area contributed by atoms with E-state index < -0.39 is 37.8 Å². The molecule has 0 rings (SSSR count). The fourth-order valence-corrected chi connectivity index (χ4v) is 2.53. The van der Waals surface area contributed by atoms with Gasteiger partial charge in [-0.05, 0) is 0 Å². The van der Waals surface area contributed by atoms with Crippen LogP contribution in [0.25, 0.3) is 0 Å². The van der Waals surface area contributed by atoms with Gasteiger partial charge >= 0.3 is 101 Å². The maximum absolute atomic E-state index is 12.7. The van der Waals surface area contributed by atoms with Gasteiger partial charge in [0.25, 0.3) is 0 Å². The molecule has 0 aromatic rings. The molecule has 2 nitrogen and oxygen atoms in total. The fourth-order valence-electron chi connectivity index (χ4n) is 0.519. The van der Waals surface area contributed by atoms with Crippen LogP contribution < -0.4 is 0 Å². The van der Waals surface area contributed by atoms with Gasteiger partial charge in [-0.15, -0.1) is 0 Å². The summed E-state index contributed by atoms with van der Waals surface area (Å²) >= 11 is 0. The molecule has 0 atom stereocenters. The summed E-state index contributed by atoms with van der Waals surface area (Å²) in [7, 11) is 0.649. The maximum atomic E-state index is 12.7. The van der Waals surface area contributed by atoms with Crippen LogP contribution in [-0.2, 0) is 4.74 Å². The van der Waals surface area contributed by atoms with Crippen LogP contribution in [0.3, 0.4) is 0 Å². The Morgan fingerprint density at radius 3 is 1.85 bits per heavy atom. The van der Waals surface area contributed by atoms with Crippen molar-refractivity contribution >= 4 is 6.61 Å². The number of hydrogen-bond acceptors (Lipinski definition) is 2. The fraction of sp³-hybridized carbons (Fsp3) is 0.875. The summed E-state index contributed by atoms with van der Waals surface area (Å²) < 4.78 is 112. The molecule has 0 aromatic carbocycles. The number of ether oxygens (including phenoxy) is 1. The first-order chi connectivity index (χ1) is 8.68. The second kappa shape index (κ2) is 5.65. The number of alkyl halides is 9. The van der Waals surface area contributed by atoms with Crippen molar-refractivity contribution in [3.05, 3.63) is 0 Å². The van der Waals surface area contributed by atoms with Crippen molar-refractivity contribution in [2.24, 2.45) is 0 Å². The second-order valence-electron chi connectivity index (χ2n) is 3.44. The van der Waals surface area contributed by atoms with E-state index in [9.17, 15) is 39.5 Å². The summed E-state index contributed by atoms with van der Waals surface area (Å²) in [5.74, 6) is -4.79. The first-order valence-electron chi connectivity index (χ1n) is 4.61. The van der Waals surface area contributed by atoms with Crippen molar-refractivity contribution in [3.8, 4) is 0 Å². The minimum atomic E-state index is -5.27. The minimum absolute atomic E-state index is 0.0193. The third kappa shape index (κ3) is 5.43. The zero-order valence-corrected chi connectivity index (χ0v) is 12.5. The molecule has 125 valence electrons. The van der Waals surface area contributed by atoms with Crippen molar-refractivity contribution in [1.82, 2.24) is 5.32 Å². The molecule has 0 N–H and O–H groups in total. The van der Waals surface area contributed by atoms with Crippen LogP contribution in [0.5, 0.6) is 0 Å². The zero-order valence-electron chi connectivity index (χ0n) is 9.86. The molecule has 0 radical (unpaired) electrons. The number of nitrogens with zero attached hydrogens (tertiary/aromatic N) is 1. The third-order valence-corrected chi connectivity index (χ3v) is 5.17. The molecular formula is C8H9CfF9NO. The van der Waals surface area contributed by atoms with E-state index in [0.717, 1.165) is 0 Å². The van der Waals surface area contributed by atoms with Gasteiger partial charge in [-0.25, -0.2) is 0 Å². The van der Waals surface area contributed by atoms with E-state index in [4.69, 9.17) is 0 Å². The molecule has 0 heterocycles. The molecular weight excluding hydrogens is 548 g/mol. The molecule has 20 heavy (non-hydrogen) atoms. The van der Waals surface area contributed by atoms with Crippen molar-refractivity contribution in [2.45, 2.75) is 31.5 Å². The molecule has 0 spiro atoms. The Labute approximate surface area is 102 Å². The Morgan fingerprint density at radius 1 is 1.10 bits per heavy atom. The topological polar surface area (TPSA) is 12.5 Å². The van der Waals surface area contributed by atoms with E-state index in [2.05, 4.69) is 4.74 Å². The average molecular weight is 557 g/mol. The van der Waals surface area contributed by atoms with Gasteiger partial charge in [0.05, 0.1) is 0 Å². The Balaban J connectivity index is 5.09. The summed E-state index contributed by atoms with van der Waals surface area (Å²) in [5, 5.41) is 0.0193. The molecule has 0 unspecified atom stereocenters. The molecule has 0 aliphatic heterocycles. The normalized spacial score (nSPS) is 14.9. The van der Waals surface area contributed by atoms with Gasteiger partial charge in [-0.1, -0.05) is 0 Å². The van der Waals surface area contributed by atoms with Gasteiger partial charge in [0.2, 0.25) is 0 Å². The van der Waals surface area contributed by atoms with Crippen molar-refractivity contribution in [1.29, 1.82) is 0 Å². The predicted octanol–water partition coefficient (Wildman–Crippen LogP) is 3.14. The Kier molecular flexibility index (Phi) is 5.13. The molecule has 0 fully saturated rings. The summed E-state index contributed by atoms with van der Waals surface area (Å²) in [6.07, 6.45) is -9.49. The molecule has 0 saturated carbocycles. The SMILES string of the molecule is C[N]([Cf]=[C](OCC(F)(F)C(F)F)C(F)(F)F)C(C)(F)F. The van der Waals surface area contributed by atoms with Crippen LogP contribution >= 0.6 is 0 Å². The van der Waals surface area contributed by atoms with E-state index in [0.29, 0.717) is 14.0 Å². The van der Waals surface area contributed by atoms with Crippen LogP contribution in [-0.4, -0.2) is 50.1 Å². The average Bonchev–Trinajstić information content (AvgIpc) is 2.20. The van der Waals surface area contributed by atoms with E-state index in [1.807, 2.05) is 0 Å². The van der Waals surface area contributed by atoms with E-state index in [1.165, 1.54) is 0 Å². The first kappa shape index (κ1) is 18.2. The van der Waals surface area contributed by atoms with Gasteiger partial charge < -0.3 is 0 Å². The standard InChI is InChI=1S/C5H3F7O.C3H6F2N.Cf/c6-3(7)4(8,9)1-13-2-5(10,11)12;1-3(4,5)6-2;/h3H,1H2;1-2H3;/q;-1;+1. The van der Waals surface area contributed by atoms with Crippen molar-refractivity contribution < 1.29 is 44.3 Å². The van der Waals surface area contributed by atoms with Crippen LogP contribution in [0.4, 0.5) is 39.5 Å². The second-order valence-corrected chi connectivity index (χ2v) is 6.99. The van der Waals surface area contributed by atoms with Gasteiger partial charge in [0, 0.05) is 0 Å². The molecule has 0 saturated heterocycles. The summed E-state index contributed by atoms with van der Waals surface area (Å²) in [4.78, 5) is 0. The third-order valence-electron chi connectivity index (χ3n) is 1.59. The number of rotatable bonds is 6. The van der Waals surface area contributed by atoms with Gasteiger partial charge in [-0.2, -0.15) is 0 Å². The summed E-state index contributed by atoms with van der Waals surface area (Å²) in [5.41, 5.74) is 0. The van der Waals surface area contributed by atoms with Gasteiger partial charge in [0.15, 0.2) is 0 Å². The number of hydrogen-bond donors (Lipinski definition) is 0. The predicted molar refractivity (Wildman–Crippen MR) is 46.3 cm³/mol. The van der Waals surface area contributed by atoms with Gasteiger partial charge in [-0.3, -0.25) is 0 Å². The van der Waals surface area contributed by atoms with Crippen LogP contribution in [0, 0.1) is 0 Å². The van der Waals surface area contributed by atoms with Crippen molar-refractivity contribution in [2.75, 3.05) is 13.7 Å². The molecule has 0 aromatic heterocycles. The van der Waals surface area contributed by atoms with E-state index in [1.54, 1.807) is 0 Å². The Morgan fingerprint density at radius 2 is 1.55 bits per heavy atom. The van der Waals surface area contributed by atoms with Gasteiger partial charge in [0.1, 0.15) is 0 Å². The number of halogens is 9. The molecule has 0 aliphatic carbocycles. The molecule has 0 bridgehead atoms. The quantitative estimate of drug-likeness (QED) is 0.368. The van der Waals surface area contributed by atoms with Crippen LogP contribution in [0.2, 0.25) is 0 Å². The molecule has 0 amide bonds.